The number of ether oxygens (including phenoxy) is 1. The Hall–Kier alpha value is -2.83. The molecule has 3 aromatic rings. The summed E-state index contributed by atoms with van der Waals surface area (Å²) in [6, 6.07) is 8.32. The number of anilines is 1. The average Bonchev–Trinajstić information content (AvgIpc) is 3.40. The van der Waals surface area contributed by atoms with Crippen LogP contribution in [0.4, 0.5) is 5.00 Å². The van der Waals surface area contributed by atoms with E-state index in [4.69, 9.17) is 4.74 Å². The summed E-state index contributed by atoms with van der Waals surface area (Å²) in [4.78, 5) is 14.0. The maximum atomic E-state index is 12.8. The van der Waals surface area contributed by atoms with Gasteiger partial charge in [-0.3, -0.25) is 4.79 Å². The number of aromatic nitrogens is 3. The van der Waals surface area contributed by atoms with Gasteiger partial charge in [0.05, 0.1) is 11.3 Å². The van der Waals surface area contributed by atoms with E-state index in [9.17, 15) is 10.1 Å². The van der Waals surface area contributed by atoms with E-state index in [0.29, 0.717) is 28.2 Å². The molecule has 1 amide bonds. The molecule has 1 aliphatic carbocycles. The highest BCUT2D eigenvalue weighted by Gasteiger charge is 2.25. The van der Waals surface area contributed by atoms with Gasteiger partial charge in [0.1, 0.15) is 16.8 Å². The number of thiophene rings is 1. The number of hydrogen-bond donors (Lipinski definition) is 1. The first kappa shape index (κ1) is 25.3. The van der Waals surface area contributed by atoms with Gasteiger partial charge in [-0.15, -0.1) is 21.5 Å². The number of aryl methyl sites for hydroxylation is 1. The zero-order valence-corrected chi connectivity index (χ0v) is 22.5. The molecule has 35 heavy (non-hydrogen) atoms. The van der Waals surface area contributed by atoms with E-state index >= 15 is 0 Å². The first-order valence-corrected chi connectivity index (χ1v) is 13.8. The minimum Gasteiger partial charge on any atom is -0.482 e. The number of fused-ring (bicyclic) bond motifs is 1. The molecule has 0 bridgehead atoms. The summed E-state index contributed by atoms with van der Waals surface area (Å²) in [6.07, 6.45) is 2.68. The van der Waals surface area contributed by atoms with Gasteiger partial charge in [0, 0.05) is 11.4 Å². The van der Waals surface area contributed by atoms with Crippen molar-refractivity contribution in [3.05, 3.63) is 51.2 Å². The number of hydrogen-bond acceptors (Lipinski definition) is 7. The van der Waals surface area contributed by atoms with Crippen molar-refractivity contribution < 1.29 is 9.53 Å². The van der Waals surface area contributed by atoms with Crippen LogP contribution in [0.1, 0.15) is 66.3 Å². The number of nitrogens with one attached hydrogen (secondary N) is 1. The Morgan fingerprint density at radius 3 is 2.94 bits per heavy atom. The van der Waals surface area contributed by atoms with Gasteiger partial charge in [-0.2, -0.15) is 5.26 Å². The van der Waals surface area contributed by atoms with Gasteiger partial charge in [0.2, 0.25) is 5.91 Å². The summed E-state index contributed by atoms with van der Waals surface area (Å²) >= 11 is 2.89. The van der Waals surface area contributed by atoms with Gasteiger partial charge < -0.3 is 14.6 Å². The second kappa shape index (κ2) is 10.8. The smallest absolute Gasteiger partial charge is 0.235 e. The van der Waals surface area contributed by atoms with Gasteiger partial charge in [-0.25, -0.2) is 0 Å². The van der Waals surface area contributed by atoms with Crippen LogP contribution >= 0.6 is 23.1 Å². The van der Waals surface area contributed by atoms with Crippen LogP contribution in [0.3, 0.4) is 0 Å². The number of carbonyl (C=O) groups is 1. The van der Waals surface area contributed by atoms with Crippen LogP contribution < -0.4 is 10.1 Å². The first-order chi connectivity index (χ1) is 16.8. The SMILES string of the molecule is CCn1c(SCC(=O)Nc2sc3c(c2C#N)CCC(C)C3)nnc1C(C)Oc1cccc(C)c1C. The van der Waals surface area contributed by atoms with Gasteiger partial charge in [0.15, 0.2) is 17.1 Å². The fraction of sp³-hybridized carbons (Fsp3) is 0.462. The van der Waals surface area contributed by atoms with Gasteiger partial charge >= 0.3 is 0 Å². The van der Waals surface area contributed by atoms with Crippen molar-refractivity contribution in [2.45, 2.75) is 71.7 Å². The molecule has 2 atom stereocenters. The quantitative estimate of drug-likeness (QED) is 0.383. The summed E-state index contributed by atoms with van der Waals surface area (Å²) in [6.45, 7) is 11.0. The number of benzene rings is 1. The van der Waals surface area contributed by atoms with Crippen LogP contribution in [0.5, 0.6) is 5.75 Å². The Balaban J connectivity index is 1.42. The van der Waals surface area contributed by atoms with Crippen molar-refractivity contribution in [3.8, 4) is 11.8 Å². The van der Waals surface area contributed by atoms with Gasteiger partial charge in [-0.05, 0) is 75.6 Å². The molecule has 9 heteroatoms. The molecule has 0 saturated carbocycles. The Morgan fingerprint density at radius 1 is 1.40 bits per heavy atom. The highest BCUT2D eigenvalue weighted by atomic mass is 32.2. The minimum absolute atomic E-state index is 0.148. The zero-order chi connectivity index (χ0) is 25.1. The zero-order valence-electron chi connectivity index (χ0n) is 20.8. The highest BCUT2D eigenvalue weighted by molar-refractivity contribution is 7.99. The Labute approximate surface area is 214 Å². The molecular formula is C26H31N5O2S2. The molecule has 1 N–H and O–H groups in total. The molecule has 184 valence electrons. The molecule has 0 radical (unpaired) electrons. The first-order valence-electron chi connectivity index (χ1n) is 12.0. The number of amides is 1. The lowest BCUT2D eigenvalue weighted by Crippen LogP contribution is -2.15. The number of carbonyl (C=O) groups excluding carboxylic acids is 1. The van der Waals surface area contributed by atoms with Crippen LogP contribution in [0.2, 0.25) is 0 Å². The fourth-order valence-corrected chi connectivity index (χ4v) is 6.54. The van der Waals surface area contributed by atoms with Crippen molar-refractivity contribution in [1.29, 1.82) is 5.26 Å². The van der Waals surface area contributed by atoms with Gasteiger partial charge in [-0.1, -0.05) is 30.8 Å². The number of nitriles is 1. The van der Waals surface area contributed by atoms with Crippen molar-refractivity contribution >= 4 is 34.0 Å². The number of rotatable bonds is 8. The summed E-state index contributed by atoms with van der Waals surface area (Å²) < 4.78 is 8.19. The maximum absolute atomic E-state index is 12.8. The van der Waals surface area contributed by atoms with E-state index in [1.165, 1.54) is 22.2 Å². The minimum atomic E-state index is -0.288. The molecule has 0 aliphatic heterocycles. The van der Waals surface area contributed by atoms with Crippen molar-refractivity contribution in [1.82, 2.24) is 14.8 Å². The summed E-state index contributed by atoms with van der Waals surface area (Å²) in [7, 11) is 0. The fourth-order valence-electron chi connectivity index (χ4n) is 4.35. The second-order valence-electron chi connectivity index (χ2n) is 9.05. The molecule has 0 saturated heterocycles. The number of nitrogens with zero attached hydrogens (tertiary/aromatic N) is 4. The average molecular weight is 510 g/mol. The number of thioether (sulfide) groups is 1. The molecule has 1 aromatic carbocycles. The molecule has 7 nitrogen and oxygen atoms in total. The van der Waals surface area contributed by atoms with Crippen molar-refractivity contribution in [3.63, 3.8) is 0 Å². The Morgan fingerprint density at radius 2 is 2.20 bits per heavy atom. The van der Waals surface area contributed by atoms with E-state index in [0.717, 1.165) is 42.0 Å². The third kappa shape index (κ3) is 5.39. The summed E-state index contributed by atoms with van der Waals surface area (Å²) in [5.41, 5.74) is 4.03. The maximum Gasteiger partial charge on any atom is 0.235 e. The normalized spacial score (nSPS) is 15.8. The molecular weight excluding hydrogens is 478 g/mol. The molecule has 2 aromatic heterocycles. The lowest BCUT2D eigenvalue weighted by Gasteiger charge is -2.17. The predicted octanol–water partition coefficient (Wildman–Crippen LogP) is 5.84. The Kier molecular flexibility index (Phi) is 7.82. The summed E-state index contributed by atoms with van der Waals surface area (Å²) in [5.74, 6) is 2.21. The third-order valence-electron chi connectivity index (χ3n) is 6.49. The monoisotopic (exact) mass is 509 g/mol. The van der Waals surface area contributed by atoms with Gasteiger partial charge in [0.25, 0.3) is 0 Å². The van der Waals surface area contributed by atoms with Crippen LogP contribution in [0.15, 0.2) is 23.4 Å². The van der Waals surface area contributed by atoms with Crippen molar-refractivity contribution in [2.24, 2.45) is 5.92 Å². The second-order valence-corrected chi connectivity index (χ2v) is 11.1. The topological polar surface area (TPSA) is 92.8 Å². The summed E-state index contributed by atoms with van der Waals surface area (Å²) in [5, 5.41) is 22.7. The molecule has 4 rings (SSSR count). The Bertz CT molecular complexity index is 1270. The van der Waals surface area contributed by atoms with E-state index in [2.05, 4.69) is 41.5 Å². The molecule has 0 spiro atoms. The van der Waals surface area contributed by atoms with E-state index in [-0.39, 0.29) is 17.8 Å². The highest BCUT2D eigenvalue weighted by Crippen LogP contribution is 2.39. The standard InChI is InChI=1S/C26H31N5O2S2/c1-6-31-24(18(5)33-21-9-7-8-16(3)17(21)4)29-30-26(31)34-14-23(32)28-25-20(13-27)19-11-10-15(2)12-22(19)35-25/h7-9,15,18H,6,10-12,14H2,1-5H3,(H,28,32). The molecule has 0 fully saturated rings. The van der Waals surface area contributed by atoms with E-state index in [1.54, 1.807) is 11.3 Å². The third-order valence-corrected chi connectivity index (χ3v) is 8.63. The predicted molar refractivity (Wildman–Crippen MR) is 140 cm³/mol. The molecule has 1 aliphatic rings. The lowest BCUT2D eigenvalue weighted by atomic mass is 9.89. The van der Waals surface area contributed by atoms with Crippen LogP contribution in [0.25, 0.3) is 0 Å². The largest absolute Gasteiger partial charge is 0.482 e. The molecule has 2 unspecified atom stereocenters. The van der Waals surface area contributed by atoms with Crippen LogP contribution in [-0.2, 0) is 24.2 Å². The lowest BCUT2D eigenvalue weighted by molar-refractivity contribution is -0.113. The van der Waals surface area contributed by atoms with Crippen molar-refractivity contribution in [2.75, 3.05) is 11.1 Å². The van der Waals surface area contributed by atoms with E-state index in [1.807, 2.05) is 37.5 Å². The van der Waals surface area contributed by atoms with E-state index < -0.39 is 0 Å². The van der Waals surface area contributed by atoms with Crippen LogP contribution in [-0.4, -0.2) is 26.4 Å². The van der Waals surface area contributed by atoms with Crippen LogP contribution in [0, 0.1) is 31.1 Å². The molecule has 2 heterocycles.